The lowest BCUT2D eigenvalue weighted by Gasteiger charge is -2.07. The van der Waals surface area contributed by atoms with E-state index in [0.717, 1.165) is 22.6 Å². The molecule has 1 heterocycles. The second kappa shape index (κ2) is 7.42. The Kier molecular flexibility index (Phi) is 4.87. The Balaban J connectivity index is 1.73. The average molecular weight is 318 g/mol. The number of hydrogen-bond donors (Lipinski definition) is 1. The third-order valence-corrected chi connectivity index (χ3v) is 3.70. The summed E-state index contributed by atoms with van der Waals surface area (Å²) in [5.74, 6) is 0.673. The van der Waals surface area contributed by atoms with Crippen molar-refractivity contribution in [1.82, 2.24) is 10.3 Å². The van der Waals surface area contributed by atoms with Gasteiger partial charge in [0.15, 0.2) is 0 Å². The average Bonchev–Trinajstić information content (AvgIpc) is 2.67. The number of amides is 1. The van der Waals surface area contributed by atoms with Gasteiger partial charge in [0.2, 0.25) is 0 Å². The van der Waals surface area contributed by atoms with Crippen LogP contribution in [0, 0.1) is 0 Å². The highest BCUT2D eigenvalue weighted by Crippen LogP contribution is 2.21. The number of pyridine rings is 1. The van der Waals surface area contributed by atoms with Crippen LogP contribution < -0.4 is 10.1 Å². The molecule has 24 heavy (non-hydrogen) atoms. The molecule has 1 amide bonds. The van der Waals surface area contributed by atoms with Crippen molar-refractivity contribution in [2.45, 2.75) is 6.54 Å². The normalized spacial score (nSPS) is 10.2. The van der Waals surface area contributed by atoms with Crippen LogP contribution in [0.25, 0.3) is 11.3 Å². The number of methoxy groups -OCH3 is 1. The van der Waals surface area contributed by atoms with E-state index in [-0.39, 0.29) is 5.91 Å². The summed E-state index contributed by atoms with van der Waals surface area (Å²) in [6.45, 7) is 0.500. The first-order valence-electron chi connectivity index (χ1n) is 7.69. The van der Waals surface area contributed by atoms with E-state index in [1.165, 1.54) is 0 Å². The quantitative estimate of drug-likeness (QED) is 0.780. The molecular weight excluding hydrogens is 300 g/mol. The zero-order valence-electron chi connectivity index (χ0n) is 13.4. The minimum absolute atomic E-state index is 0.115. The Morgan fingerprint density at radius 3 is 2.50 bits per heavy atom. The second-order valence-electron chi connectivity index (χ2n) is 5.33. The number of nitrogens with zero attached hydrogens (tertiary/aromatic N) is 1. The lowest BCUT2D eigenvalue weighted by molar-refractivity contribution is 0.0951. The van der Waals surface area contributed by atoms with Gasteiger partial charge in [-0.25, -0.2) is 0 Å². The molecule has 120 valence electrons. The molecule has 4 heteroatoms. The minimum Gasteiger partial charge on any atom is -0.497 e. The highest BCUT2D eigenvalue weighted by molar-refractivity contribution is 5.95. The van der Waals surface area contributed by atoms with E-state index < -0.39 is 0 Å². The predicted octanol–water partition coefficient (Wildman–Crippen LogP) is 3.69. The van der Waals surface area contributed by atoms with Gasteiger partial charge >= 0.3 is 0 Å². The Morgan fingerprint density at radius 1 is 1.04 bits per heavy atom. The van der Waals surface area contributed by atoms with Crippen LogP contribution in [0.15, 0.2) is 72.9 Å². The summed E-state index contributed by atoms with van der Waals surface area (Å²) >= 11 is 0. The van der Waals surface area contributed by atoms with E-state index in [1.54, 1.807) is 25.4 Å². The van der Waals surface area contributed by atoms with Crippen molar-refractivity contribution in [2.24, 2.45) is 0 Å². The van der Waals surface area contributed by atoms with Gasteiger partial charge in [-0.05, 0) is 42.0 Å². The fraction of sp³-hybridized carbons (Fsp3) is 0.100. The van der Waals surface area contributed by atoms with Gasteiger partial charge in [-0.3, -0.25) is 9.78 Å². The second-order valence-corrected chi connectivity index (χ2v) is 5.33. The van der Waals surface area contributed by atoms with Gasteiger partial charge in [0.25, 0.3) is 5.91 Å². The topological polar surface area (TPSA) is 51.2 Å². The van der Waals surface area contributed by atoms with E-state index in [0.29, 0.717) is 12.1 Å². The van der Waals surface area contributed by atoms with E-state index in [4.69, 9.17) is 4.74 Å². The van der Waals surface area contributed by atoms with Crippen molar-refractivity contribution in [3.8, 4) is 17.0 Å². The third kappa shape index (κ3) is 3.79. The van der Waals surface area contributed by atoms with Gasteiger partial charge in [-0.1, -0.05) is 30.3 Å². The highest BCUT2D eigenvalue weighted by Gasteiger charge is 2.08. The Bertz CT molecular complexity index is 815. The van der Waals surface area contributed by atoms with E-state index in [1.807, 2.05) is 54.6 Å². The van der Waals surface area contributed by atoms with Crippen molar-refractivity contribution < 1.29 is 9.53 Å². The summed E-state index contributed by atoms with van der Waals surface area (Å²) in [4.78, 5) is 16.7. The van der Waals surface area contributed by atoms with Crippen molar-refractivity contribution in [3.63, 3.8) is 0 Å². The molecule has 2 aromatic carbocycles. The van der Waals surface area contributed by atoms with Gasteiger partial charge in [0, 0.05) is 23.9 Å². The maximum Gasteiger partial charge on any atom is 0.251 e. The Labute approximate surface area is 141 Å². The summed E-state index contributed by atoms with van der Waals surface area (Å²) in [5.41, 5.74) is 3.35. The van der Waals surface area contributed by atoms with Crippen LogP contribution in [-0.4, -0.2) is 18.0 Å². The zero-order chi connectivity index (χ0) is 16.8. The maximum atomic E-state index is 12.3. The number of ether oxygens (including phenoxy) is 1. The summed E-state index contributed by atoms with van der Waals surface area (Å²) < 4.78 is 5.16. The first-order chi connectivity index (χ1) is 11.8. The van der Waals surface area contributed by atoms with Crippen LogP contribution >= 0.6 is 0 Å². The SMILES string of the molecule is COc1ccc(-c2cc(C(=O)NCc3ccccc3)ccn2)cc1. The lowest BCUT2D eigenvalue weighted by atomic mass is 10.1. The monoisotopic (exact) mass is 318 g/mol. The minimum atomic E-state index is -0.115. The fourth-order valence-corrected chi connectivity index (χ4v) is 2.37. The van der Waals surface area contributed by atoms with Crippen molar-refractivity contribution >= 4 is 5.91 Å². The standard InChI is InChI=1S/C20H18N2O2/c1-24-18-9-7-16(8-10-18)19-13-17(11-12-21-19)20(23)22-14-15-5-3-2-4-6-15/h2-13H,14H2,1H3,(H,22,23). The summed E-state index contributed by atoms with van der Waals surface area (Å²) in [7, 11) is 1.63. The Morgan fingerprint density at radius 2 is 1.79 bits per heavy atom. The van der Waals surface area contributed by atoms with Gasteiger partial charge in [-0.2, -0.15) is 0 Å². The lowest BCUT2D eigenvalue weighted by Crippen LogP contribution is -2.22. The molecular formula is C20H18N2O2. The zero-order valence-corrected chi connectivity index (χ0v) is 13.4. The maximum absolute atomic E-state index is 12.3. The summed E-state index contributed by atoms with van der Waals surface area (Å²) in [6.07, 6.45) is 1.65. The summed E-state index contributed by atoms with van der Waals surface area (Å²) in [5, 5.41) is 2.93. The first kappa shape index (κ1) is 15.7. The molecule has 0 bridgehead atoms. The highest BCUT2D eigenvalue weighted by atomic mass is 16.5. The molecule has 0 aliphatic heterocycles. The number of aromatic nitrogens is 1. The van der Waals surface area contributed by atoms with Crippen LogP contribution in [0.5, 0.6) is 5.75 Å². The number of nitrogens with one attached hydrogen (secondary N) is 1. The van der Waals surface area contributed by atoms with Crippen LogP contribution in [0.4, 0.5) is 0 Å². The molecule has 0 fully saturated rings. The van der Waals surface area contributed by atoms with Crippen LogP contribution in [0.1, 0.15) is 15.9 Å². The van der Waals surface area contributed by atoms with Gasteiger partial charge in [-0.15, -0.1) is 0 Å². The molecule has 0 aliphatic rings. The molecule has 0 radical (unpaired) electrons. The summed E-state index contributed by atoms with van der Waals surface area (Å²) in [6, 6.07) is 20.9. The molecule has 3 rings (SSSR count). The number of carbonyl (C=O) groups is 1. The number of rotatable bonds is 5. The molecule has 0 aliphatic carbocycles. The molecule has 1 aromatic heterocycles. The molecule has 0 saturated carbocycles. The van der Waals surface area contributed by atoms with E-state index in [2.05, 4.69) is 10.3 Å². The van der Waals surface area contributed by atoms with Crippen molar-refractivity contribution in [1.29, 1.82) is 0 Å². The van der Waals surface area contributed by atoms with Gasteiger partial charge in [0.05, 0.1) is 12.8 Å². The molecule has 0 spiro atoms. The van der Waals surface area contributed by atoms with Crippen LogP contribution in [-0.2, 0) is 6.54 Å². The number of hydrogen-bond acceptors (Lipinski definition) is 3. The third-order valence-electron chi connectivity index (χ3n) is 3.70. The van der Waals surface area contributed by atoms with Gasteiger partial charge < -0.3 is 10.1 Å². The number of benzene rings is 2. The fourth-order valence-electron chi connectivity index (χ4n) is 2.37. The van der Waals surface area contributed by atoms with Crippen LogP contribution in [0.3, 0.4) is 0 Å². The number of carbonyl (C=O) groups excluding carboxylic acids is 1. The predicted molar refractivity (Wildman–Crippen MR) is 93.8 cm³/mol. The van der Waals surface area contributed by atoms with Gasteiger partial charge in [0.1, 0.15) is 5.75 Å². The molecule has 4 nitrogen and oxygen atoms in total. The molecule has 1 N–H and O–H groups in total. The van der Waals surface area contributed by atoms with Crippen molar-refractivity contribution in [2.75, 3.05) is 7.11 Å². The molecule has 0 saturated heterocycles. The molecule has 0 unspecified atom stereocenters. The largest absolute Gasteiger partial charge is 0.497 e. The van der Waals surface area contributed by atoms with E-state index in [9.17, 15) is 4.79 Å². The van der Waals surface area contributed by atoms with Crippen LogP contribution in [0.2, 0.25) is 0 Å². The van der Waals surface area contributed by atoms with E-state index >= 15 is 0 Å². The molecule has 0 atom stereocenters. The molecule has 3 aromatic rings. The smallest absolute Gasteiger partial charge is 0.251 e. The van der Waals surface area contributed by atoms with Crippen molar-refractivity contribution in [3.05, 3.63) is 84.1 Å². The first-order valence-corrected chi connectivity index (χ1v) is 7.69. The Hall–Kier alpha value is -3.14.